The quantitative estimate of drug-likeness (QED) is 0.340. The Labute approximate surface area is 200 Å². The Bertz CT molecular complexity index is 1250. The number of hydrogen-bond donors (Lipinski definition) is 1. The van der Waals surface area contributed by atoms with E-state index in [1.54, 1.807) is 43.3 Å². The number of amides is 1. The highest BCUT2D eigenvalue weighted by Gasteiger charge is 2.25. The number of para-hydroxylation sites is 2. The van der Waals surface area contributed by atoms with E-state index in [0.29, 0.717) is 27.4 Å². The molecule has 1 N–H and O–H groups in total. The van der Waals surface area contributed by atoms with E-state index in [1.807, 2.05) is 54.6 Å². The molecule has 0 bridgehead atoms. The van der Waals surface area contributed by atoms with E-state index < -0.39 is 5.25 Å². The van der Waals surface area contributed by atoms with Crippen molar-refractivity contribution in [3.63, 3.8) is 0 Å². The Kier molecular flexibility index (Phi) is 7.16. The van der Waals surface area contributed by atoms with Crippen molar-refractivity contribution in [1.82, 2.24) is 14.8 Å². The first-order valence-corrected chi connectivity index (χ1v) is 11.3. The summed E-state index contributed by atoms with van der Waals surface area (Å²) >= 11 is 7.52. The third-order valence-corrected chi connectivity index (χ3v) is 6.35. The Morgan fingerprint density at radius 1 is 1.00 bits per heavy atom. The number of benzene rings is 3. The van der Waals surface area contributed by atoms with E-state index in [0.717, 1.165) is 11.3 Å². The molecule has 33 heavy (non-hydrogen) atoms. The first-order valence-electron chi connectivity index (χ1n) is 10.00. The van der Waals surface area contributed by atoms with Crippen LogP contribution in [0.3, 0.4) is 0 Å². The fraction of sp³-hybridized carbons (Fsp3) is 0.125. The van der Waals surface area contributed by atoms with Crippen LogP contribution in [0.2, 0.25) is 5.02 Å². The summed E-state index contributed by atoms with van der Waals surface area (Å²) in [6.45, 7) is 0. The van der Waals surface area contributed by atoms with Gasteiger partial charge < -0.3 is 14.8 Å². The number of anilines is 1. The van der Waals surface area contributed by atoms with Gasteiger partial charge in [-0.05, 0) is 35.9 Å². The minimum Gasteiger partial charge on any atom is -0.495 e. The first kappa shape index (κ1) is 22.7. The van der Waals surface area contributed by atoms with E-state index in [9.17, 15) is 4.79 Å². The van der Waals surface area contributed by atoms with Gasteiger partial charge in [-0.15, -0.1) is 10.2 Å². The summed E-state index contributed by atoms with van der Waals surface area (Å²) in [7, 11) is 3.15. The smallest absolute Gasteiger partial charge is 0.242 e. The number of ether oxygens (including phenoxy) is 2. The van der Waals surface area contributed by atoms with Gasteiger partial charge in [0.15, 0.2) is 5.16 Å². The van der Waals surface area contributed by atoms with Crippen molar-refractivity contribution in [2.75, 3.05) is 19.5 Å². The second-order valence-electron chi connectivity index (χ2n) is 6.90. The van der Waals surface area contributed by atoms with Crippen LogP contribution >= 0.6 is 23.4 Å². The molecule has 0 fully saturated rings. The van der Waals surface area contributed by atoms with Gasteiger partial charge >= 0.3 is 0 Å². The van der Waals surface area contributed by atoms with Crippen LogP contribution in [0.4, 0.5) is 5.69 Å². The number of rotatable bonds is 8. The summed E-state index contributed by atoms with van der Waals surface area (Å²) in [4.78, 5) is 13.4. The highest BCUT2D eigenvalue weighted by molar-refractivity contribution is 8.00. The number of thioether (sulfide) groups is 1. The zero-order valence-electron chi connectivity index (χ0n) is 17.9. The molecule has 0 spiro atoms. The predicted molar refractivity (Wildman–Crippen MR) is 130 cm³/mol. The average Bonchev–Trinajstić information content (AvgIpc) is 3.31. The SMILES string of the molecule is COc1ccc(NC(=O)C(Sc2nncn2-c2ccccc2OC)c2ccccc2)cc1Cl. The molecule has 0 aliphatic rings. The van der Waals surface area contributed by atoms with Gasteiger partial charge in [-0.3, -0.25) is 9.36 Å². The van der Waals surface area contributed by atoms with Crippen LogP contribution in [0, 0.1) is 0 Å². The van der Waals surface area contributed by atoms with Crippen LogP contribution < -0.4 is 14.8 Å². The lowest BCUT2D eigenvalue weighted by atomic mass is 10.1. The van der Waals surface area contributed by atoms with Crippen molar-refractivity contribution in [2.24, 2.45) is 0 Å². The van der Waals surface area contributed by atoms with Gasteiger partial charge in [0.05, 0.1) is 24.9 Å². The largest absolute Gasteiger partial charge is 0.495 e. The molecule has 0 saturated heterocycles. The number of carbonyl (C=O) groups is 1. The maximum absolute atomic E-state index is 13.4. The van der Waals surface area contributed by atoms with Crippen molar-refractivity contribution < 1.29 is 14.3 Å². The average molecular weight is 481 g/mol. The minimum atomic E-state index is -0.593. The van der Waals surface area contributed by atoms with Crippen molar-refractivity contribution in [3.8, 4) is 17.2 Å². The number of hydrogen-bond acceptors (Lipinski definition) is 6. The number of nitrogens with one attached hydrogen (secondary N) is 1. The lowest BCUT2D eigenvalue weighted by Gasteiger charge is -2.18. The third kappa shape index (κ3) is 5.13. The molecule has 3 aromatic carbocycles. The molecular formula is C24H21ClN4O3S. The van der Waals surface area contributed by atoms with Crippen molar-refractivity contribution >= 4 is 35.0 Å². The molecule has 1 unspecified atom stereocenters. The van der Waals surface area contributed by atoms with Crippen LogP contribution in [0.15, 0.2) is 84.3 Å². The molecule has 0 aliphatic carbocycles. The monoisotopic (exact) mass is 480 g/mol. The maximum atomic E-state index is 13.4. The van der Waals surface area contributed by atoms with Gasteiger partial charge in [0.1, 0.15) is 23.1 Å². The fourth-order valence-electron chi connectivity index (χ4n) is 3.26. The van der Waals surface area contributed by atoms with Crippen LogP contribution in [-0.2, 0) is 4.79 Å². The highest BCUT2D eigenvalue weighted by Crippen LogP contribution is 2.37. The summed E-state index contributed by atoms with van der Waals surface area (Å²) in [6, 6.07) is 22.2. The zero-order valence-corrected chi connectivity index (χ0v) is 19.5. The lowest BCUT2D eigenvalue weighted by Crippen LogP contribution is -2.19. The third-order valence-electron chi connectivity index (χ3n) is 4.84. The summed E-state index contributed by atoms with van der Waals surface area (Å²) in [5.74, 6) is 0.989. The molecule has 7 nitrogen and oxygen atoms in total. The first-order chi connectivity index (χ1) is 16.1. The van der Waals surface area contributed by atoms with E-state index in [-0.39, 0.29) is 5.91 Å². The molecule has 0 saturated carbocycles. The minimum absolute atomic E-state index is 0.220. The predicted octanol–water partition coefficient (Wildman–Crippen LogP) is 5.41. The number of aromatic nitrogens is 3. The molecule has 4 rings (SSSR count). The molecule has 1 aromatic heterocycles. The number of carbonyl (C=O) groups excluding carboxylic acids is 1. The normalized spacial score (nSPS) is 11.6. The molecule has 9 heteroatoms. The fourth-order valence-corrected chi connectivity index (χ4v) is 4.54. The Morgan fingerprint density at radius 3 is 2.45 bits per heavy atom. The van der Waals surface area contributed by atoms with E-state index in [2.05, 4.69) is 15.5 Å². The number of methoxy groups -OCH3 is 2. The summed E-state index contributed by atoms with van der Waals surface area (Å²) in [6.07, 6.45) is 1.60. The molecule has 1 atom stereocenters. The molecule has 4 aromatic rings. The van der Waals surface area contributed by atoms with Crippen LogP contribution in [0.25, 0.3) is 5.69 Å². The summed E-state index contributed by atoms with van der Waals surface area (Å²) in [5.41, 5.74) is 2.18. The van der Waals surface area contributed by atoms with E-state index in [1.165, 1.54) is 11.8 Å². The van der Waals surface area contributed by atoms with Crippen molar-refractivity contribution in [1.29, 1.82) is 0 Å². The van der Waals surface area contributed by atoms with Gasteiger partial charge in [-0.25, -0.2) is 0 Å². The number of nitrogens with zero attached hydrogens (tertiary/aromatic N) is 3. The second-order valence-corrected chi connectivity index (χ2v) is 8.38. The Balaban J connectivity index is 1.65. The number of halogens is 1. The van der Waals surface area contributed by atoms with E-state index >= 15 is 0 Å². The van der Waals surface area contributed by atoms with Gasteiger partial charge in [0.25, 0.3) is 0 Å². The standard InChI is InChI=1S/C24H21ClN4O3S/c1-31-20-13-12-17(14-18(20)25)27-23(30)22(16-8-4-3-5-9-16)33-24-28-26-15-29(24)19-10-6-7-11-21(19)32-2/h3-15,22H,1-2H3,(H,27,30). The molecule has 1 heterocycles. The van der Waals surface area contributed by atoms with Gasteiger partial charge in [0.2, 0.25) is 5.91 Å². The van der Waals surface area contributed by atoms with Crippen LogP contribution in [0.5, 0.6) is 11.5 Å². The molecule has 0 aliphatic heterocycles. The summed E-state index contributed by atoms with van der Waals surface area (Å²) in [5, 5.41) is 11.6. The Morgan fingerprint density at radius 2 is 1.73 bits per heavy atom. The molecule has 0 radical (unpaired) electrons. The van der Waals surface area contributed by atoms with Gasteiger partial charge in [0, 0.05) is 5.69 Å². The second kappa shape index (κ2) is 10.4. The van der Waals surface area contributed by atoms with Gasteiger partial charge in [-0.1, -0.05) is 65.8 Å². The molecule has 1 amide bonds. The highest BCUT2D eigenvalue weighted by atomic mass is 35.5. The summed E-state index contributed by atoms with van der Waals surface area (Å²) < 4.78 is 12.5. The topological polar surface area (TPSA) is 78.3 Å². The van der Waals surface area contributed by atoms with Crippen LogP contribution in [0.1, 0.15) is 10.8 Å². The Hall–Kier alpha value is -3.49. The lowest BCUT2D eigenvalue weighted by molar-refractivity contribution is -0.115. The van der Waals surface area contributed by atoms with Crippen molar-refractivity contribution in [3.05, 3.63) is 89.7 Å². The van der Waals surface area contributed by atoms with Crippen molar-refractivity contribution in [2.45, 2.75) is 10.4 Å². The van der Waals surface area contributed by atoms with Gasteiger partial charge in [-0.2, -0.15) is 0 Å². The maximum Gasteiger partial charge on any atom is 0.242 e. The molecule has 168 valence electrons. The van der Waals surface area contributed by atoms with Crippen LogP contribution in [-0.4, -0.2) is 34.9 Å². The molecular weight excluding hydrogens is 460 g/mol. The van der Waals surface area contributed by atoms with E-state index in [4.69, 9.17) is 21.1 Å². The zero-order chi connectivity index (χ0) is 23.2.